The topological polar surface area (TPSA) is 21.3 Å². The number of hydrogen-bond donors (Lipinski definition) is 0. The van der Waals surface area contributed by atoms with Gasteiger partial charge in [0.2, 0.25) is 0 Å². The predicted octanol–water partition coefficient (Wildman–Crippen LogP) is 2.54. The monoisotopic (exact) mass is 339 g/mol. The molecule has 0 spiro atoms. The second-order valence-corrected chi connectivity index (χ2v) is 7.10. The van der Waals surface area contributed by atoms with Gasteiger partial charge in [-0.2, -0.15) is 0 Å². The Kier molecular flexibility index (Phi) is 2.73. The number of thioether (sulfide) groups is 1. The Bertz CT molecular complexity index is 652. The number of imidazole rings is 1. The zero-order chi connectivity index (χ0) is 13.0. The van der Waals surface area contributed by atoms with Crippen LogP contribution in [0.2, 0.25) is 0 Å². The Morgan fingerprint density at radius 2 is 2.32 bits per heavy atom. The van der Waals surface area contributed by atoms with Crippen LogP contribution in [0.15, 0.2) is 29.4 Å². The summed E-state index contributed by atoms with van der Waals surface area (Å²) < 4.78 is 10.4. The van der Waals surface area contributed by atoms with Crippen molar-refractivity contribution in [2.75, 3.05) is 17.7 Å². The second kappa shape index (κ2) is 4.24. The normalized spacial score (nSPS) is 28.8. The van der Waals surface area contributed by atoms with Crippen molar-refractivity contribution in [3.8, 4) is 0 Å². The summed E-state index contributed by atoms with van der Waals surface area (Å²) in [6, 6.07) is 8.71. The highest BCUT2D eigenvalue weighted by Gasteiger charge is 2.45. The molecule has 1 aromatic heterocycles. The van der Waals surface area contributed by atoms with Crippen LogP contribution >= 0.6 is 27.7 Å². The van der Waals surface area contributed by atoms with Gasteiger partial charge in [0, 0.05) is 11.1 Å². The third-order valence-electron chi connectivity index (χ3n) is 3.96. The molecule has 5 heteroatoms. The van der Waals surface area contributed by atoms with Crippen molar-refractivity contribution in [2.45, 2.75) is 30.3 Å². The van der Waals surface area contributed by atoms with Crippen LogP contribution in [-0.2, 0) is 16.8 Å². The molecule has 1 aromatic carbocycles. The number of alkyl halides is 1. The van der Waals surface area contributed by atoms with Gasteiger partial charge in [-0.05, 0) is 30.8 Å². The standard InChI is InChI=1S/C14H16BrN2OS/c1-14(8-15)9-19-13-16(6-10-7-18-10)11-4-2-3-5-12(11)17(13)14/h2-5,10H,6-9H2,1H3/q+1/t10-,14+/m0/s1. The zero-order valence-electron chi connectivity index (χ0n) is 10.8. The Morgan fingerprint density at radius 3 is 3.05 bits per heavy atom. The van der Waals surface area contributed by atoms with E-state index in [0.29, 0.717) is 6.10 Å². The third kappa shape index (κ3) is 1.78. The van der Waals surface area contributed by atoms with Gasteiger partial charge in [0.15, 0.2) is 11.0 Å². The Hall–Kier alpha value is -0.520. The molecule has 0 N–H and O–H groups in total. The van der Waals surface area contributed by atoms with E-state index in [-0.39, 0.29) is 5.54 Å². The molecule has 0 bridgehead atoms. The lowest BCUT2D eigenvalue weighted by molar-refractivity contribution is -0.711. The molecular weight excluding hydrogens is 324 g/mol. The van der Waals surface area contributed by atoms with Crippen molar-refractivity contribution in [1.82, 2.24) is 4.57 Å². The fourth-order valence-corrected chi connectivity index (χ4v) is 4.97. The lowest BCUT2D eigenvalue weighted by Gasteiger charge is -2.17. The highest BCUT2D eigenvalue weighted by molar-refractivity contribution is 9.09. The first-order valence-electron chi connectivity index (χ1n) is 6.57. The van der Waals surface area contributed by atoms with Gasteiger partial charge in [0.1, 0.15) is 18.2 Å². The Balaban J connectivity index is 1.97. The fourth-order valence-electron chi connectivity index (χ4n) is 2.81. The van der Waals surface area contributed by atoms with E-state index in [1.807, 2.05) is 11.8 Å². The summed E-state index contributed by atoms with van der Waals surface area (Å²) in [5, 5.41) is 2.36. The minimum absolute atomic E-state index is 0.162. The predicted molar refractivity (Wildman–Crippen MR) is 80.0 cm³/mol. The van der Waals surface area contributed by atoms with Crippen LogP contribution in [0.25, 0.3) is 11.0 Å². The van der Waals surface area contributed by atoms with Crippen molar-refractivity contribution in [3.63, 3.8) is 0 Å². The number of fused-ring (bicyclic) bond motifs is 3. The molecule has 0 saturated carbocycles. The van der Waals surface area contributed by atoms with E-state index in [4.69, 9.17) is 4.74 Å². The summed E-state index contributed by atoms with van der Waals surface area (Å²) in [6.07, 6.45) is 0.414. The molecule has 2 aliphatic heterocycles. The van der Waals surface area contributed by atoms with Gasteiger partial charge in [-0.3, -0.25) is 0 Å². The molecular formula is C14H16BrN2OS+. The Morgan fingerprint density at radius 1 is 1.53 bits per heavy atom. The van der Waals surface area contributed by atoms with E-state index in [1.54, 1.807) is 0 Å². The largest absolute Gasteiger partial charge is 0.369 e. The molecule has 0 unspecified atom stereocenters. The second-order valence-electron chi connectivity index (χ2n) is 5.59. The van der Waals surface area contributed by atoms with Crippen LogP contribution in [-0.4, -0.2) is 28.4 Å². The summed E-state index contributed by atoms with van der Waals surface area (Å²) >= 11 is 5.65. The fraction of sp³-hybridized carbons (Fsp3) is 0.500. The lowest BCUT2D eigenvalue weighted by Crippen LogP contribution is -2.38. The molecule has 0 amide bonds. The van der Waals surface area contributed by atoms with Gasteiger partial charge in [-0.25, -0.2) is 9.13 Å². The third-order valence-corrected chi connectivity index (χ3v) is 6.60. The minimum atomic E-state index is 0.162. The molecule has 1 fully saturated rings. The summed E-state index contributed by atoms with van der Waals surface area (Å²) in [7, 11) is 0. The Labute approximate surface area is 125 Å². The van der Waals surface area contributed by atoms with Gasteiger partial charge < -0.3 is 4.74 Å². The highest BCUT2D eigenvalue weighted by atomic mass is 79.9. The van der Waals surface area contributed by atoms with Crippen molar-refractivity contribution < 1.29 is 9.30 Å². The zero-order valence-corrected chi connectivity index (χ0v) is 13.2. The van der Waals surface area contributed by atoms with Gasteiger partial charge in [-0.1, -0.05) is 28.1 Å². The first-order chi connectivity index (χ1) is 9.23. The molecule has 100 valence electrons. The maximum atomic E-state index is 5.42. The summed E-state index contributed by atoms with van der Waals surface area (Å²) in [4.78, 5) is 0. The molecule has 2 aromatic rings. The lowest BCUT2D eigenvalue weighted by atomic mass is 10.1. The molecule has 2 aliphatic rings. The van der Waals surface area contributed by atoms with E-state index in [0.717, 1.165) is 24.2 Å². The van der Waals surface area contributed by atoms with Crippen LogP contribution in [0.5, 0.6) is 0 Å². The van der Waals surface area contributed by atoms with Crippen LogP contribution in [0.4, 0.5) is 0 Å². The smallest absolute Gasteiger partial charge is 0.319 e. The van der Waals surface area contributed by atoms with Crippen LogP contribution in [0.3, 0.4) is 0 Å². The summed E-state index contributed by atoms with van der Waals surface area (Å²) in [5.74, 6) is 1.13. The quantitative estimate of drug-likeness (QED) is 0.487. The van der Waals surface area contributed by atoms with Crippen molar-refractivity contribution in [1.29, 1.82) is 0 Å². The van der Waals surface area contributed by atoms with Crippen LogP contribution in [0.1, 0.15) is 6.92 Å². The van der Waals surface area contributed by atoms with Gasteiger partial charge in [-0.15, -0.1) is 0 Å². The maximum absolute atomic E-state index is 5.42. The van der Waals surface area contributed by atoms with Crippen molar-refractivity contribution >= 4 is 38.7 Å². The number of rotatable bonds is 3. The average Bonchev–Trinajstić information content (AvgIpc) is 3.11. The van der Waals surface area contributed by atoms with Gasteiger partial charge in [0.25, 0.3) is 0 Å². The first-order valence-corrected chi connectivity index (χ1v) is 8.68. The maximum Gasteiger partial charge on any atom is 0.319 e. The number of nitrogens with zero attached hydrogens (tertiary/aromatic N) is 2. The minimum Gasteiger partial charge on any atom is -0.369 e. The van der Waals surface area contributed by atoms with Crippen LogP contribution in [0, 0.1) is 0 Å². The van der Waals surface area contributed by atoms with Gasteiger partial charge in [0.05, 0.1) is 6.61 Å². The van der Waals surface area contributed by atoms with Gasteiger partial charge >= 0.3 is 5.16 Å². The molecule has 0 radical (unpaired) electrons. The molecule has 4 rings (SSSR count). The number of para-hydroxylation sites is 2. The molecule has 0 aliphatic carbocycles. The van der Waals surface area contributed by atoms with E-state index < -0.39 is 0 Å². The summed E-state index contributed by atoms with van der Waals surface area (Å²) in [6.45, 7) is 4.22. The molecule has 3 nitrogen and oxygen atoms in total. The van der Waals surface area contributed by atoms with E-state index >= 15 is 0 Å². The van der Waals surface area contributed by atoms with E-state index in [1.165, 1.54) is 16.2 Å². The molecule has 1 saturated heterocycles. The molecule has 19 heavy (non-hydrogen) atoms. The van der Waals surface area contributed by atoms with E-state index in [2.05, 4.69) is 56.3 Å². The SMILES string of the molecule is C[C@@]1(CBr)CSc2n1c1ccccc1[n+]2C[C@H]1CO1. The molecule has 3 heterocycles. The number of hydrogen-bond acceptors (Lipinski definition) is 2. The number of ether oxygens (including phenoxy) is 1. The van der Waals surface area contributed by atoms with Crippen molar-refractivity contribution in [2.24, 2.45) is 0 Å². The van der Waals surface area contributed by atoms with E-state index in [9.17, 15) is 0 Å². The number of aromatic nitrogens is 2. The molecule has 2 atom stereocenters. The highest BCUT2D eigenvalue weighted by Crippen LogP contribution is 2.40. The van der Waals surface area contributed by atoms with Crippen LogP contribution < -0.4 is 4.57 Å². The number of epoxide rings is 1. The first kappa shape index (κ1) is 12.2. The average molecular weight is 340 g/mol. The summed E-state index contributed by atoms with van der Waals surface area (Å²) in [5.41, 5.74) is 2.83. The number of halogens is 1. The number of benzene rings is 1. The van der Waals surface area contributed by atoms with Crippen molar-refractivity contribution in [3.05, 3.63) is 24.3 Å².